The van der Waals surface area contributed by atoms with Crippen LogP contribution in [-0.2, 0) is 0 Å². The number of likely N-dealkylation sites (tertiary alicyclic amines) is 1. The molecule has 0 aliphatic carbocycles. The summed E-state index contributed by atoms with van der Waals surface area (Å²) in [6.45, 7) is 5.52. The predicted octanol–water partition coefficient (Wildman–Crippen LogP) is 1.65. The molecule has 5 heteroatoms. The van der Waals surface area contributed by atoms with Gasteiger partial charge in [0.25, 0.3) is 5.91 Å². The third-order valence-electron chi connectivity index (χ3n) is 4.22. The molecule has 2 saturated heterocycles. The van der Waals surface area contributed by atoms with Crippen molar-refractivity contribution in [2.75, 3.05) is 13.1 Å². The molecule has 0 radical (unpaired) electrons. The van der Waals surface area contributed by atoms with Gasteiger partial charge in [-0.05, 0) is 39.2 Å². The van der Waals surface area contributed by atoms with Crippen LogP contribution in [0, 0.1) is 13.8 Å². The van der Waals surface area contributed by atoms with E-state index in [2.05, 4.69) is 10.3 Å². The zero-order valence-corrected chi connectivity index (χ0v) is 11.6. The van der Waals surface area contributed by atoms with Crippen LogP contribution < -0.4 is 5.32 Å². The Balaban J connectivity index is 1.80. The van der Waals surface area contributed by atoms with Crippen LogP contribution in [-0.4, -0.2) is 41.0 Å². The van der Waals surface area contributed by atoms with Gasteiger partial charge in [0, 0.05) is 25.6 Å². The molecule has 3 rings (SSSR count). The lowest BCUT2D eigenvalue weighted by molar-refractivity contribution is 0.0676. The number of oxazole rings is 1. The van der Waals surface area contributed by atoms with E-state index in [-0.39, 0.29) is 5.91 Å². The molecule has 2 atom stereocenters. The fourth-order valence-electron chi connectivity index (χ4n) is 3.36. The van der Waals surface area contributed by atoms with E-state index in [1.54, 1.807) is 6.92 Å². The van der Waals surface area contributed by atoms with Crippen LogP contribution in [0.25, 0.3) is 0 Å². The van der Waals surface area contributed by atoms with Crippen molar-refractivity contribution in [2.45, 2.75) is 51.6 Å². The summed E-state index contributed by atoms with van der Waals surface area (Å²) in [7, 11) is 0. The molecule has 2 aliphatic heterocycles. The lowest BCUT2D eigenvalue weighted by Gasteiger charge is -2.29. The molecule has 2 fully saturated rings. The number of nitrogens with one attached hydrogen (secondary N) is 1. The van der Waals surface area contributed by atoms with Crippen molar-refractivity contribution in [1.82, 2.24) is 15.2 Å². The van der Waals surface area contributed by atoms with Crippen LogP contribution in [0.4, 0.5) is 0 Å². The molecule has 104 valence electrons. The first kappa shape index (κ1) is 12.7. The summed E-state index contributed by atoms with van der Waals surface area (Å²) in [5.41, 5.74) is 0.701. The Labute approximate surface area is 113 Å². The van der Waals surface area contributed by atoms with Crippen LogP contribution in [0.1, 0.15) is 47.8 Å². The van der Waals surface area contributed by atoms with Gasteiger partial charge in [-0.2, -0.15) is 0 Å². The number of carbonyl (C=O) groups excluding carboxylic acids is 1. The van der Waals surface area contributed by atoms with Crippen molar-refractivity contribution >= 4 is 5.91 Å². The Morgan fingerprint density at radius 2 is 2.21 bits per heavy atom. The van der Waals surface area contributed by atoms with E-state index in [4.69, 9.17) is 4.42 Å². The topological polar surface area (TPSA) is 58.4 Å². The van der Waals surface area contributed by atoms with Gasteiger partial charge >= 0.3 is 0 Å². The lowest BCUT2D eigenvalue weighted by atomic mass is 10.0. The molecule has 0 bridgehead atoms. The predicted molar refractivity (Wildman–Crippen MR) is 71.1 cm³/mol. The fraction of sp³-hybridized carbons (Fsp3) is 0.714. The number of nitrogens with zero attached hydrogens (tertiary/aromatic N) is 2. The largest absolute Gasteiger partial charge is 0.436 e. The quantitative estimate of drug-likeness (QED) is 0.881. The monoisotopic (exact) mass is 263 g/mol. The minimum Gasteiger partial charge on any atom is -0.436 e. The van der Waals surface area contributed by atoms with Crippen LogP contribution >= 0.6 is 0 Å². The van der Waals surface area contributed by atoms with Crippen molar-refractivity contribution in [1.29, 1.82) is 0 Å². The highest BCUT2D eigenvalue weighted by atomic mass is 16.4. The van der Waals surface area contributed by atoms with E-state index < -0.39 is 0 Å². The zero-order chi connectivity index (χ0) is 13.4. The highest BCUT2D eigenvalue weighted by Gasteiger charge is 2.37. The maximum Gasteiger partial charge on any atom is 0.291 e. The van der Waals surface area contributed by atoms with E-state index >= 15 is 0 Å². The maximum absolute atomic E-state index is 12.6. The lowest BCUT2D eigenvalue weighted by Crippen LogP contribution is -2.46. The van der Waals surface area contributed by atoms with Crippen molar-refractivity contribution < 1.29 is 9.21 Å². The average molecular weight is 263 g/mol. The second-order valence-corrected chi connectivity index (χ2v) is 5.56. The Kier molecular flexibility index (Phi) is 3.31. The molecular formula is C14H21N3O2. The first-order valence-corrected chi connectivity index (χ1v) is 7.15. The molecule has 3 heterocycles. The van der Waals surface area contributed by atoms with Crippen molar-refractivity contribution in [3.63, 3.8) is 0 Å². The Morgan fingerprint density at radius 3 is 2.84 bits per heavy atom. The summed E-state index contributed by atoms with van der Waals surface area (Å²) in [6, 6.07) is 0.774. The van der Waals surface area contributed by atoms with Gasteiger partial charge in [0.15, 0.2) is 5.89 Å². The van der Waals surface area contributed by atoms with Crippen LogP contribution in [0.3, 0.4) is 0 Å². The van der Waals surface area contributed by atoms with E-state index in [1.807, 2.05) is 11.8 Å². The SMILES string of the molecule is Cc1nc(C)c(C(=O)N2CCCC2C2CCCN2)o1. The number of aromatic nitrogens is 1. The van der Waals surface area contributed by atoms with Gasteiger partial charge < -0.3 is 14.6 Å². The molecule has 1 amide bonds. The highest BCUT2D eigenvalue weighted by molar-refractivity contribution is 5.93. The molecule has 0 spiro atoms. The van der Waals surface area contributed by atoms with Gasteiger partial charge in [-0.15, -0.1) is 0 Å². The first-order valence-electron chi connectivity index (χ1n) is 7.15. The van der Waals surface area contributed by atoms with Gasteiger partial charge in [0.2, 0.25) is 5.76 Å². The summed E-state index contributed by atoms with van der Waals surface area (Å²) in [5.74, 6) is 0.993. The molecule has 0 saturated carbocycles. The summed E-state index contributed by atoms with van der Waals surface area (Å²) in [6.07, 6.45) is 4.56. The number of carbonyl (C=O) groups is 1. The Morgan fingerprint density at radius 1 is 1.37 bits per heavy atom. The van der Waals surface area contributed by atoms with E-state index in [0.29, 0.717) is 29.4 Å². The number of hydrogen-bond donors (Lipinski definition) is 1. The number of aryl methyl sites for hydroxylation is 2. The molecule has 19 heavy (non-hydrogen) atoms. The molecule has 2 aliphatic rings. The molecule has 1 N–H and O–H groups in total. The van der Waals surface area contributed by atoms with Crippen molar-refractivity contribution in [3.8, 4) is 0 Å². The average Bonchev–Trinajstić information content (AvgIpc) is 3.06. The number of rotatable bonds is 2. The standard InChI is InChI=1S/C14H21N3O2/c1-9-13(19-10(2)16-9)14(18)17-8-4-6-12(17)11-5-3-7-15-11/h11-12,15H,3-8H2,1-2H3. The minimum absolute atomic E-state index is 0.00861. The summed E-state index contributed by atoms with van der Waals surface area (Å²) in [4.78, 5) is 18.8. The van der Waals surface area contributed by atoms with Gasteiger partial charge in [0.05, 0.1) is 5.69 Å². The van der Waals surface area contributed by atoms with Crippen molar-refractivity contribution in [2.24, 2.45) is 0 Å². The highest BCUT2D eigenvalue weighted by Crippen LogP contribution is 2.27. The summed E-state index contributed by atoms with van der Waals surface area (Å²) >= 11 is 0. The molecule has 0 aromatic carbocycles. The molecular weight excluding hydrogens is 242 g/mol. The normalized spacial score (nSPS) is 27.2. The Hall–Kier alpha value is -1.36. The third-order valence-corrected chi connectivity index (χ3v) is 4.22. The molecule has 1 aromatic rings. The van der Waals surface area contributed by atoms with E-state index in [9.17, 15) is 4.79 Å². The van der Waals surface area contributed by atoms with Crippen LogP contribution in [0.5, 0.6) is 0 Å². The zero-order valence-electron chi connectivity index (χ0n) is 11.6. The maximum atomic E-state index is 12.6. The van der Waals surface area contributed by atoms with Gasteiger partial charge in [-0.25, -0.2) is 4.98 Å². The number of hydrogen-bond acceptors (Lipinski definition) is 4. The molecule has 5 nitrogen and oxygen atoms in total. The molecule has 2 unspecified atom stereocenters. The smallest absolute Gasteiger partial charge is 0.291 e. The Bertz CT molecular complexity index is 477. The van der Waals surface area contributed by atoms with Crippen LogP contribution in [0.2, 0.25) is 0 Å². The molecule has 1 aromatic heterocycles. The van der Waals surface area contributed by atoms with E-state index in [0.717, 1.165) is 25.9 Å². The summed E-state index contributed by atoms with van der Waals surface area (Å²) < 4.78 is 5.48. The van der Waals surface area contributed by atoms with Gasteiger partial charge in [-0.1, -0.05) is 0 Å². The van der Waals surface area contributed by atoms with Crippen molar-refractivity contribution in [3.05, 3.63) is 17.3 Å². The number of amides is 1. The van der Waals surface area contributed by atoms with Gasteiger partial charge in [-0.3, -0.25) is 4.79 Å². The van der Waals surface area contributed by atoms with Gasteiger partial charge in [0.1, 0.15) is 0 Å². The second-order valence-electron chi connectivity index (χ2n) is 5.56. The fourth-order valence-corrected chi connectivity index (χ4v) is 3.36. The second kappa shape index (κ2) is 4.96. The first-order chi connectivity index (χ1) is 9.16. The summed E-state index contributed by atoms with van der Waals surface area (Å²) in [5, 5.41) is 3.51. The third kappa shape index (κ3) is 2.27. The minimum atomic E-state index is 0.00861. The van der Waals surface area contributed by atoms with E-state index in [1.165, 1.54) is 12.8 Å². The van der Waals surface area contributed by atoms with Crippen LogP contribution in [0.15, 0.2) is 4.42 Å².